The minimum absolute atomic E-state index is 0.0608. The molecule has 2 atom stereocenters. The van der Waals surface area contributed by atoms with Crippen LogP contribution >= 0.6 is 31.9 Å². The summed E-state index contributed by atoms with van der Waals surface area (Å²) in [5.41, 5.74) is 2.54. The summed E-state index contributed by atoms with van der Waals surface area (Å²) < 4.78 is 17.8. The Bertz CT molecular complexity index is 1590. The Morgan fingerprint density at radius 2 is 1.45 bits per heavy atom. The fraction of sp³-hybridized carbons (Fsp3) is 0.226. The molecule has 0 aromatic heterocycles. The van der Waals surface area contributed by atoms with Gasteiger partial charge in [-0.25, -0.2) is 0 Å². The van der Waals surface area contributed by atoms with Gasteiger partial charge in [-0.1, -0.05) is 42.5 Å². The topological polar surface area (TPSA) is 102 Å². The van der Waals surface area contributed by atoms with Gasteiger partial charge in [-0.3, -0.25) is 24.1 Å². The summed E-state index contributed by atoms with van der Waals surface area (Å²) >= 11 is 7.20. The van der Waals surface area contributed by atoms with Gasteiger partial charge in [0.1, 0.15) is 12.6 Å². The quantitative estimate of drug-likeness (QED) is 0.213. The third-order valence-corrected chi connectivity index (χ3v) is 8.85. The highest BCUT2D eigenvalue weighted by Gasteiger charge is 2.44. The van der Waals surface area contributed by atoms with Crippen LogP contribution in [0.2, 0.25) is 0 Å². The van der Waals surface area contributed by atoms with Crippen LogP contribution in [0.3, 0.4) is 0 Å². The molecule has 0 radical (unpaired) electrons. The fourth-order valence-corrected chi connectivity index (χ4v) is 6.71. The predicted octanol–water partition coefficient (Wildman–Crippen LogP) is 5.90. The molecule has 3 aromatic rings. The Morgan fingerprint density at radius 1 is 0.881 bits per heavy atom. The number of hydrogen-bond acceptors (Lipinski definition) is 7. The van der Waals surface area contributed by atoms with E-state index in [-0.39, 0.29) is 24.2 Å². The molecule has 2 aliphatic rings. The Balaban J connectivity index is 1.51. The lowest BCUT2D eigenvalue weighted by Gasteiger charge is -2.37. The number of halogens is 2. The summed E-state index contributed by atoms with van der Waals surface area (Å²) in [7, 11) is 2.99. The first-order chi connectivity index (χ1) is 20.2. The Morgan fingerprint density at radius 3 is 2.05 bits per heavy atom. The molecule has 0 saturated carbocycles. The van der Waals surface area contributed by atoms with Crippen molar-refractivity contribution >= 4 is 61.6 Å². The van der Waals surface area contributed by atoms with Gasteiger partial charge < -0.3 is 19.1 Å². The van der Waals surface area contributed by atoms with E-state index in [1.807, 2.05) is 30.3 Å². The standard InChI is InChI=1S/C31H26Br2N2O7/c1-17(35-30(38)19-11-7-8-12-20(19)31(35)39)29(37)34-14-13-21-24(26(33)28(41-3)27(40-2)25(21)32)22(34)15-23(36)42-16-18-9-5-4-6-10-18/h4-14,17,22H,15-16H2,1-3H3/t17-,22?/m0/s1. The van der Waals surface area contributed by atoms with Crippen LogP contribution in [-0.2, 0) is 20.9 Å². The molecule has 42 heavy (non-hydrogen) atoms. The van der Waals surface area contributed by atoms with Gasteiger partial charge in [0.2, 0.25) is 5.91 Å². The summed E-state index contributed by atoms with van der Waals surface area (Å²) in [4.78, 5) is 56.0. The third-order valence-electron chi connectivity index (χ3n) is 7.27. The first-order valence-electron chi connectivity index (χ1n) is 13.0. The molecule has 1 unspecified atom stereocenters. The number of nitrogens with zero attached hydrogens (tertiary/aromatic N) is 2. The number of benzene rings is 3. The van der Waals surface area contributed by atoms with Crippen molar-refractivity contribution in [3.8, 4) is 11.5 Å². The van der Waals surface area contributed by atoms with E-state index in [4.69, 9.17) is 14.2 Å². The summed E-state index contributed by atoms with van der Waals surface area (Å²) in [6.07, 6.45) is 3.02. The molecule has 0 spiro atoms. The smallest absolute Gasteiger partial charge is 0.308 e. The summed E-state index contributed by atoms with van der Waals surface area (Å²) in [6, 6.07) is 13.7. The number of imide groups is 1. The van der Waals surface area contributed by atoms with Crippen LogP contribution in [0.4, 0.5) is 0 Å². The number of carbonyl (C=O) groups excluding carboxylic acids is 4. The van der Waals surface area contributed by atoms with Crippen LogP contribution in [0.25, 0.3) is 6.08 Å². The SMILES string of the molecule is COc1c(Br)c2c(c(Br)c1OC)C(CC(=O)OCc1ccccc1)N(C(=O)[C@H](C)N1C(=O)c3ccccc3C1=O)C=C2. The molecule has 0 aliphatic carbocycles. The number of methoxy groups -OCH3 is 2. The van der Waals surface area contributed by atoms with Gasteiger partial charge in [0.05, 0.1) is 46.8 Å². The summed E-state index contributed by atoms with van der Waals surface area (Å²) in [6.45, 7) is 1.56. The average molecular weight is 698 g/mol. The molecular weight excluding hydrogens is 672 g/mol. The zero-order valence-electron chi connectivity index (χ0n) is 22.9. The van der Waals surface area contributed by atoms with Crippen LogP contribution in [0, 0.1) is 0 Å². The number of fused-ring (bicyclic) bond motifs is 2. The van der Waals surface area contributed by atoms with Gasteiger partial charge in [-0.2, -0.15) is 0 Å². The third kappa shape index (κ3) is 5.11. The van der Waals surface area contributed by atoms with Crippen LogP contribution in [0.15, 0.2) is 69.7 Å². The molecule has 3 aromatic carbocycles. The number of amides is 3. The number of esters is 1. The number of ether oxygens (including phenoxy) is 3. The van der Waals surface area contributed by atoms with E-state index in [2.05, 4.69) is 31.9 Å². The summed E-state index contributed by atoms with van der Waals surface area (Å²) in [5, 5.41) is 0. The van der Waals surface area contributed by atoms with Crippen molar-refractivity contribution in [1.29, 1.82) is 0 Å². The minimum Gasteiger partial charge on any atom is -0.492 e. The van der Waals surface area contributed by atoms with Gasteiger partial charge in [0.15, 0.2) is 11.5 Å². The predicted molar refractivity (Wildman–Crippen MR) is 161 cm³/mol. The van der Waals surface area contributed by atoms with Crippen molar-refractivity contribution in [2.75, 3.05) is 14.2 Å². The highest BCUT2D eigenvalue weighted by molar-refractivity contribution is 9.11. The Kier molecular flexibility index (Phi) is 8.51. The highest BCUT2D eigenvalue weighted by Crippen LogP contribution is 2.51. The largest absolute Gasteiger partial charge is 0.492 e. The van der Waals surface area contributed by atoms with E-state index < -0.39 is 35.8 Å². The van der Waals surface area contributed by atoms with Crippen LogP contribution in [0.5, 0.6) is 11.5 Å². The molecule has 3 amide bonds. The average Bonchev–Trinajstić information content (AvgIpc) is 3.26. The molecule has 2 aliphatic heterocycles. The highest BCUT2D eigenvalue weighted by atomic mass is 79.9. The zero-order chi connectivity index (χ0) is 30.1. The minimum atomic E-state index is -1.16. The lowest BCUT2D eigenvalue weighted by Crippen LogP contribution is -2.49. The normalized spacial score (nSPS) is 16.2. The molecule has 11 heteroatoms. The molecule has 216 valence electrons. The van der Waals surface area contributed by atoms with E-state index in [0.29, 0.717) is 31.6 Å². The molecule has 0 N–H and O–H groups in total. The van der Waals surface area contributed by atoms with Crippen molar-refractivity contribution in [1.82, 2.24) is 9.80 Å². The van der Waals surface area contributed by atoms with Gasteiger partial charge in [-0.05, 0) is 62.6 Å². The Hall–Kier alpha value is -3.96. The van der Waals surface area contributed by atoms with Crippen molar-refractivity contribution in [2.45, 2.75) is 32.0 Å². The van der Waals surface area contributed by atoms with E-state index in [1.54, 1.807) is 30.3 Å². The first kappa shape index (κ1) is 29.5. The van der Waals surface area contributed by atoms with Crippen molar-refractivity contribution in [2.24, 2.45) is 0 Å². The van der Waals surface area contributed by atoms with Gasteiger partial charge in [-0.15, -0.1) is 0 Å². The molecule has 0 fully saturated rings. The van der Waals surface area contributed by atoms with E-state index in [0.717, 1.165) is 10.5 Å². The lowest BCUT2D eigenvalue weighted by atomic mass is 9.92. The zero-order valence-corrected chi connectivity index (χ0v) is 26.1. The van der Waals surface area contributed by atoms with Gasteiger partial charge in [0, 0.05) is 17.3 Å². The maximum absolute atomic E-state index is 14.1. The lowest BCUT2D eigenvalue weighted by molar-refractivity contribution is -0.147. The number of rotatable bonds is 8. The molecule has 9 nitrogen and oxygen atoms in total. The monoisotopic (exact) mass is 696 g/mol. The van der Waals surface area contributed by atoms with Gasteiger partial charge in [0.25, 0.3) is 11.8 Å². The van der Waals surface area contributed by atoms with Gasteiger partial charge >= 0.3 is 5.97 Å². The van der Waals surface area contributed by atoms with E-state index in [1.165, 1.54) is 32.2 Å². The molecule has 2 heterocycles. The van der Waals surface area contributed by atoms with E-state index >= 15 is 0 Å². The van der Waals surface area contributed by atoms with Crippen LogP contribution < -0.4 is 9.47 Å². The van der Waals surface area contributed by atoms with E-state index in [9.17, 15) is 19.2 Å². The fourth-order valence-electron chi connectivity index (χ4n) is 5.20. The maximum Gasteiger partial charge on any atom is 0.308 e. The maximum atomic E-state index is 14.1. The first-order valence-corrected chi connectivity index (χ1v) is 14.6. The van der Waals surface area contributed by atoms with Crippen molar-refractivity contribution in [3.05, 3.63) is 97.6 Å². The molecular formula is C31H26Br2N2O7. The van der Waals surface area contributed by atoms with Crippen molar-refractivity contribution in [3.63, 3.8) is 0 Å². The summed E-state index contributed by atoms with van der Waals surface area (Å²) in [5.74, 6) is -1.41. The second-order valence-corrected chi connectivity index (χ2v) is 11.2. The van der Waals surface area contributed by atoms with Crippen molar-refractivity contribution < 1.29 is 33.4 Å². The second-order valence-electron chi connectivity index (χ2n) is 9.65. The van der Waals surface area contributed by atoms with Crippen LogP contribution in [0.1, 0.15) is 56.8 Å². The molecule has 5 rings (SSSR count). The Labute approximate surface area is 259 Å². The van der Waals surface area contributed by atoms with Crippen LogP contribution in [-0.4, -0.2) is 53.8 Å². The number of hydrogen-bond donors (Lipinski definition) is 0. The second kappa shape index (κ2) is 12.1. The molecule has 0 bridgehead atoms. The molecule has 0 saturated heterocycles. The number of carbonyl (C=O) groups is 4.